The molecular formula is C29H31N5O5. The molecule has 10 heteroatoms. The van der Waals surface area contributed by atoms with E-state index in [0.29, 0.717) is 46.0 Å². The van der Waals surface area contributed by atoms with Crippen LogP contribution in [-0.4, -0.2) is 46.2 Å². The van der Waals surface area contributed by atoms with Crippen LogP contribution in [0.2, 0.25) is 0 Å². The van der Waals surface area contributed by atoms with E-state index in [1.807, 2.05) is 51.1 Å². The zero-order valence-corrected chi connectivity index (χ0v) is 22.4. The van der Waals surface area contributed by atoms with Crippen molar-refractivity contribution in [1.29, 1.82) is 0 Å². The van der Waals surface area contributed by atoms with Gasteiger partial charge in [-0.15, -0.1) is 5.10 Å². The van der Waals surface area contributed by atoms with Gasteiger partial charge in [0.25, 0.3) is 0 Å². The monoisotopic (exact) mass is 529 g/mol. The van der Waals surface area contributed by atoms with E-state index in [4.69, 9.17) is 14.2 Å². The molecule has 39 heavy (non-hydrogen) atoms. The normalized spacial score (nSPS) is 13.2. The third kappa shape index (κ3) is 5.36. The minimum atomic E-state index is -1.02. The van der Waals surface area contributed by atoms with Crippen LogP contribution in [0.15, 0.2) is 66.7 Å². The van der Waals surface area contributed by atoms with E-state index in [2.05, 4.69) is 15.6 Å². The van der Waals surface area contributed by atoms with Gasteiger partial charge in [-0.05, 0) is 62.2 Å². The van der Waals surface area contributed by atoms with E-state index < -0.39 is 11.6 Å². The van der Waals surface area contributed by atoms with Crippen molar-refractivity contribution in [2.45, 2.75) is 45.3 Å². The molecule has 1 N–H and O–H groups in total. The van der Waals surface area contributed by atoms with Gasteiger partial charge in [0.15, 0.2) is 11.5 Å². The van der Waals surface area contributed by atoms with Crippen molar-refractivity contribution in [2.24, 2.45) is 0 Å². The number of aromatic nitrogens is 3. The maximum Gasteiger partial charge on any atom is 0.249 e. The first kappa shape index (κ1) is 26.0. The molecule has 2 amide bonds. The van der Waals surface area contributed by atoms with Gasteiger partial charge < -0.3 is 19.5 Å². The SMILES string of the molecule is CCC(C)(C)NC(=O)[C@H](c1cccc(OC)c1)N(C(=O)Cn1nnc2ccccc21)c1ccc2c(c1)OCO2. The molecule has 1 aliphatic rings. The molecular weight excluding hydrogens is 498 g/mol. The fraction of sp³-hybridized carbons (Fsp3) is 0.310. The molecule has 0 radical (unpaired) electrons. The average Bonchev–Trinajstić information content (AvgIpc) is 3.58. The van der Waals surface area contributed by atoms with Gasteiger partial charge >= 0.3 is 0 Å². The number of carbonyl (C=O) groups excluding carboxylic acids is 2. The topological polar surface area (TPSA) is 108 Å². The van der Waals surface area contributed by atoms with Gasteiger partial charge in [0, 0.05) is 17.3 Å². The van der Waals surface area contributed by atoms with E-state index in [1.165, 1.54) is 9.58 Å². The first-order valence-corrected chi connectivity index (χ1v) is 12.8. The molecule has 0 fully saturated rings. The third-order valence-electron chi connectivity index (χ3n) is 6.87. The number of fused-ring (bicyclic) bond motifs is 2. The largest absolute Gasteiger partial charge is 0.497 e. The number of hydrogen-bond acceptors (Lipinski definition) is 7. The van der Waals surface area contributed by atoms with Crippen LogP contribution in [0.25, 0.3) is 11.0 Å². The first-order chi connectivity index (χ1) is 18.8. The molecule has 0 bridgehead atoms. The molecule has 2 heterocycles. The van der Waals surface area contributed by atoms with Crippen LogP contribution < -0.4 is 24.4 Å². The van der Waals surface area contributed by atoms with E-state index in [-0.39, 0.29) is 25.2 Å². The van der Waals surface area contributed by atoms with Crippen LogP contribution in [0.5, 0.6) is 17.2 Å². The number of ether oxygens (including phenoxy) is 3. The molecule has 10 nitrogen and oxygen atoms in total. The second-order valence-electron chi connectivity index (χ2n) is 9.94. The Morgan fingerprint density at radius 2 is 1.87 bits per heavy atom. The van der Waals surface area contributed by atoms with Gasteiger partial charge in [0.2, 0.25) is 18.6 Å². The predicted molar refractivity (Wildman–Crippen MR) is 146 cm³/mol. The molecule has 3 aromatic carbocycles. The van der Waals surface area contributed by atoms with Crippen molar-refractivity contribution < 1.29 is 23.8 Å². The molecule has 0 saturated carbocycles. The molecule has 1 aliphatic heterocycles. The van der Waals surface area contributed by atoms with Crippen LogP contribution in [0, 0.1) is 0 Å². The molecule has 1 atom stereocenters. The number of nitrogens with one attached hydrogen (secondary N) is 1. The highest BCUT2D eigenvalue weighted by Crippen LogP contribution is 2.39. The Labute approximate surface area is 226 Å². The van der Waals surface area contributed by atoms with E-state index in [0.717, 1.165) is 0 Å². The van der Waals surface area contributed by atoms with Crippen molar-refractivity contribution in [3.05, 3.63) is 72.3 Å². The van der Waals surface area contributed by atoms with Crippen molar-refractivity contribution >= 4 is 28.5 Å². The van der Waals surface area contributed by atoms with Crippen LogP contribution in [-0.2, 0) is 16.1 Å². The number of para-hydroxylation sites is 1. The minimum absolute atomic E-state index is 0.0855. The van der Waals surface area contributed by atoms with Crippen molar-refractivity contribution in [1.82, 2.24) is 20.3 Å². The van der Waals surface area contributed by atoms with Crippen LogP contribution in [0.4, 0.5) is 5.69 Å². The number of amides is 2. The molecule has 5 rings (SSSR count). The maximum atomic E-state index is 14.2. The van der Waals surface area contributed by atoms with Gasteiger partial charge in [-0.2, -0.15) is 0 Å². The lowest BCUT2D eigenvalue weighted by Crippen LogP contribution is -2.51. The van der Waals surface area contributed by atoms with Gasteiger partial charge in [-0.3, -0.25) is 14.5 Å². The minimum Gasteiger partial charge on any atom is -0.497 e. The highest BCUT2D eigenvalue weighted by atomic mass is 16.7. The smallest absolute Gasteiger partial charge is 0.249 e. The number of methoxy groups -OCH3 is 1. The number of anilines is 1. The quantitative estimate of drug-likeness (QED) is 0.345. The third-order valence-corrected chi connectivity index (χ3v) is 6.87. The van der Waals surface area contributed by atoms with Crippen molar-refractivity contribution in [3.63, 3.8) is 0 Å². The Kier molecular flexibility index (Phi) is 7.10. The molecule has 0 aliphatic carbocycles. The summed E-state index contributed by atoms with van der Waals surface area (Å²) >= 11 is 0. The fourth-order valence-electron chi connectivity index (χ4n) is 4.43. The second kappa shape index (κ2) is 10.6. The molecule has 4 aromatic rings. The summed E-state index contributed by atoms with van der Waals surface area (Å²) in [6.07, 6.45) is 0.701. The van der Waals surface area contributed by atoms with Gasteiger partial charge in [0.1, 0.15) is 23.9 Å². The fourth-order valence-corrected chi connectivity index (χ4v) is 4.43. The van der Waals surface area contributed by atoms with Gasteiger partial charge in [-0.25, -0.2) is 4.68 Å². The van der Waals surface area contributed by atoms with Crippen LogP contribution >= 0.6 is 0 Å². The summed E-state index contributed by atoms with van der Waals surface area (Å²) < 4.78 is 18.1. The Bertz CT molecular complexity index is 1510. The lowest BCUT2D eigenvalue weighted by atomic mass is 9.98. The molecule has 202 valence electrons. The Morgan fingerprint density at radius 1 is 1.08 bits per heavy atom. The highest BCUT2D eigenvalue weighted by molar-refractivity contribution is 6.02. The summed E-state index contributed by atoms with van der Waals surface area (Å²) in [6.45, 7) is 5.84. The van der Waals surface area contributed by atoms with E-state index >= 15 is 0 Å². The Balaban J connectivity index is 1.63. The lowest BCUT2D eigenvalue weighted by molar-refractivity contribution is -0.128. The number of carbonyl (C=O) groups is 2. The Morgan fingerprint density at radius 3 is 2.67 bits per heavy atom. The predicted octanol–water partition coefficient (Wildman–Crippen LogP) is 4.25. The van der Waals surface area contributed by atoms with Crippen molar-refractivity contribution in [2.75, 3.05) is 18.8 Å². The number of nitrogens with zero attached hydrogens (tertiary/aromatic N) is 4. The second-order valence-corrected chi connectivity index (χ2v) is 9.94. The highest BCUT2D eigenvalue weighted by Gasteiger charge is 2.36. The maximum absolute atomic E-state index is 14.2. The standard InChI is InChI=1S/C29H31N5O5/c1-5-29(2,3)30-28(36)27(19-9-8-10-21(15-19)37-4)34(20-13-14-24-25(16-20)39-18-38-24)26(35)17-33-23-12-7-6-11-22(23)31-32-33/h6-16,27H,5,17-18H2,1-4H3,(H,30,36)/t27-/m0/s1. The van der Waals surface area contributed by atoms with Crippen LogP contribution in [0.3, 0.4) is 0 Å². The van der Waals surface area contributed by atoms with Crippen LogP contribution in [0.1, 0.15) is 38.8 Å². The summed E-state index contributed by atoms with van der Waals surface area (Å²) in [6, 6.07) is 18.7. The number of rotatable bonds is 9. The number of hydrogen-bond donors (Lipinski definition) is 1. The number of benzene rings is 3. The summed E-state index contributed by atoms with van der Waals surface area (Å²) in [5.74, 6) is 0.949. The van der Waals surface area contributed by atoms with Gasteiger partial charge in [-0.1, -0.05) is 36.4 Å². The first-order valence-electron chi connectivity index (χ1n) is 12.8. The molecule has 0 spiro atoms. The summed E-state index contributed by atoms with van der Waals surface area (Å²) in [5.41, 5.74) is 1.96. The van der Waals surface area contributed by atoms with Crippen molar-refractivity contribution in [3.8, 4) is 17.2 Å². The summed E-state index contributed by atoms with van der Waals surface area (Å²) in [4.78, 5) is 29.7. The van der Waals surface area contributed by atoms with Gasteiger partial charge in [0.05, 0.1) is 12.6 Å². The molecule has 1 aromatic heterocycles. The lowest BCUT2D eigenvalue weighted by Gasteiger charge is -2.34. The summed E-state index contributed by atoms with van der Waals surface area (Å²) in [7, 11) is 1.56. The van der Waals surface area contributed by atoms with E-state index in [9.17, 15) is 9.59 Å². The molecule has 0 unspecified atom stereocenters. The molecule has 0 saturated heterocycles. The summed E-state index contributed by atoms with van der Waals surface area (Å²) in [5, 5.41) is 11.5. The Hall–Kier alpha value is -4.60. The average molecular weight is 530 g/mol. The zero-order valence-electron chi connectivity index (χ0n) is 22.4. The van der Waals surface area contributed by atoms with E-state index in [1.54, 1.807) is 43.5 Å². The zero-order chi connectivity index (χ0) is 27.6.